The lowest BCUT2D eigenvalue weighted by atomic mass is 9.73. The van der Waals surface area contributed by atoms with Crippen molar-refractivity contribution < 1.29 is 18.5 Å². The number of carbonyl (C=O) groups is 1. The minimum atomic E-state index is -1.32. The number of aromatic nitrogens is 3. The maximum Gasteiger partial charge on any atom is 0.410 e. The van der Waals surface area contributed by atoms with Gasteiger partial charge in [0.2, 0.25) is 5.16 Å². The lowest BCUT2D eigenvalue weighted by molar-refractivity contribution is -0.0893. The fraction of sp³-hybridized carbons (Fsp3) is 0.600. The van der Waals surface area contributed by atoms with Gasteiger partial charge in [0, 0.05) is 30.5 Å². The molecule has 0 aliphatic carbocycles. The van der Waals surface area contributed by atoms with Gasteiger partial charge in [-0.05, 0) is 53.2 Å². The third-order valence-electron chi connectivity index (χ3n) is 6.49. The van der Waals surface area contributed by atoms with Gasteiger partial charge in [-0.2, -0.15) is 0 Å². The standard InChI is InChI=1S/C25H35N5O4S/c1-23(2,3)34-22(31)29(7)14-16-10-9-11-19(27-16)30-18-12-24(4,5)33-15-25(18,6)17-13-26-21(35(8)32)28-20(17)30/h9-11,13,18H,12,14-15H2,1-8H3/t18-,25-,35?/m1/s1. The maximum atomic E-state index is 12.5. The highest BCUT2D eigenvalue weighted by Crippen LogP contribution is 2.52. The van der Waals surface area contributed by atoms with Crippen LogP contribution in [0.1, 0.15) is 59.2 Å². The van der Waals surface area contributed by atoms with Crippen LogP contribution in [0.4, 0.5) is 16.4 Å². The number of anilines is 2. The molecule has 0 spiro atoms. The van der Waals surface area contributed by atoms with Gasteiger partial charge in [0.1, 0.15) is 17.2 Å². The van der Waals surface area contributed by atoms with Crippen LogP contribution in [0.5, 0.6) is 0 Å². The summed E-state index contributed by atoms with van der Waals surface area (Å²) in [6.07, 6.45) is 3.72. The molecule has 2 aliphatic heterocycles. The predicted octanol–water partition coefficient (Wildman–Crippen LogP) is 3.95. The monoisotopic (exact) mass is 501 g/mol. The predicted molar refractivity (Wildman–Crippen MR) is 134 cm³/mol. The van der Waals surface area contributed by atoms with Crippen LogP contribution >= 0.6 is 0 Å². The van der Waals surface area contributed by atoms with Gasteiger partial charge in [0.15, 0.2) is 0 Å². The average molecular weight is 502 g/mol. The van der Waals surface area contributed by atoms with Gasteiger partial charge in [-0.15, -0.1) is 0 Å². The highest BCUT2D eigenvalue weighted by molar-refractivity contribution is 7.84. The number of pyridine rings is 1. The minimum absolute atomic E-state index is 0.0300. The second-order valence-electron chi connectivity index (χ2n) is 11.2. The Hall–Kier alpha value is -2.59. The number of hydrogen-bond acceptors (Lipinski definition) is 8. The number of amides is 1. The molecule has 1 saturated heterocycles. The lowest BCUT2D eigenvalue weighted by Gasteiger charge is -2.46. The van der Waals surface area contributed by atoms with Gasteiger partial charge in [0.05, 0.1) is 41.3 Å². The van der Waals surface area contributed by atoms with Crippen molar-refractivity contribution in [2.45, 2.75) is 82.3 Å². The highest BCUT2D eigenvalue weighted by atomic mass is 32.2. The van der Waals surface area contributed by atoms with Gasteiger partial charge >= 0.3 is 6.09 Å². The molecule has 1 amide bonds. The summed E-state index contributed by atoms with van der Waals surface area (Å²) in [5.41, 5.74) is 0.458. The van der Waals surface area contributed by atoms with Crippen LogP contribution in [-0.4, -0.2) is 67.3 Å². The van der Waals surface area contributed by atoms with Crippen LogP contribution in [0.2, 0.25) is 0 Å². The van der Waals surface area contributed by atoms with E-state index in [1.54, 1.807) is 19.5 Å². The molecule has 10 heteroatoms. The first-order valence-corrected chi connectivity index (χ1v) is 13.3. The summed E-state index contributed by atoms with van der Waals surface area (Å²) in [5, 5.41) is 0.289. The zero-order chi connectivity index (χ0) is 25.8. The van der Waals surface area contributed by atoms with Gasteiger partial charge in [-0.25, -0.2) is 19.7 Å². The summed E-state index contributed by atoms with van der Waals surface area (Å²) in [6, 6.07) is 5.80. The van der Waals surface area contributed by atoms with E-state index in [2.05, 4.69) is 30.7 Å². The number of nitrogens with zero attached hydrogens (tertiary/aromatic N) is 5. The van der Waals surface area contributed by atoms with Gasteiger partial charge < -0.3 is 19.3 Å². The normalized spacial score (nSPS) is 23.9. The molecule has 0 N–H and O–H groups in total. The third kappa shape index (κ3) is 5.04. The van der Waals surface area contributed by atoms with Crippen LogP contribution in [0.25, 0.3) is 0 Å². The van der Waals surface area contributed by atoms with Crippen molar-refractivity contribution in [1.82, 2.24) is 19.9 Å². The molecular formula is C25H35N5O4S. The SMILES string of the molecule is CN(Cc1cccc(N2c3nc(S(C)=O)ncc3[C@@]3(C)COC(C)(C)C[C@@H]23)n1)C(=O)OC(C)(C)C. The number of ether oxygens (including phenoxy) is 2. The molecule has 0 aromatic carbocycles. The Kier molecular flexibility index (Phi) is 6.42. The molecule has 9 nitrogen and oxygen atoms in total. The number of hydrogen-bond donors (Lipinski definition) is 0. The molecule has 2 aromatic heterocycles. The van der Waals surface area contributed by atoms with Crippen molar-refractivity contribution >= 4 is 28.5 Å². The second kappa shape index (κ2) is 8.81. The maximum absolute atomic E-state index is 12.5. The van der Waals surface area contributed by atoms with E-state index in [0.717, 1.165) is 23.5 Å². The van der Waals surface area contributed by atoms with E-state index < -0.39 is 22.5 Å². The van der Waals surface area contributed by atoms with Gasteiger partial charge in [-0.3, -0.25) is 4.21 Å². The van der Waals surface area contributed by atoms with Crippen LogP contribution in [0, 0.1) is 0 Å². The zero-order valence-electron chi connectivity index (χ0n) is 21.8. The van der Waals surface area contributed by atoms with E-state index in [0.29, 0.717) is 19.0 Å². The van der Waals surface area contributed by atoms with E-state index in [-0.39, 0.29) is 22.2 Å². The first kappa shape index (κ1) is 25.5. The smallest absolute Gasteiger partial charge is 0.410 e. The summed E-state index contributed by atoms with van der Waals surface area (Å²) in [7, 11) is 0.379. The van der Waals surface area contributed by atoms with E-state index in [4.69, 9.17) is 19.4 Å². The molecule has 0 radical (unpaired) electrons. The van der Waals surface area contributed by atoms with Crippen LogP contribution in [-0.2, 0) is 32.2 Å². The van der Waals surface area contributed by atoms with Crippen LogP contribution in [0.3, 0.4) is 0 Å². The minimum Gasteiger partial charge on any atom is -0.444 e. The van der Waals surface area contributed by atoms with Gasteiger partial charge in [0.25, 0.3) is 0 Å². The summed E-state index contributed by atoms with van der Waals surface area (Å²) in [6.45, 7) is 12.7. The molecule has 1 fully saturated rings. The van der Waals surface area contributed by atoms with E-state index in [1.807, 2.05) is 39.0 Å². The van der Waals surface area contributed by atoms with Crippen molar-refractivity contribution in [3.63, 3.8) is 0 Å². The Labute approximate surface area is 209 Å². The molecule has 35 heavy (non-hydrogen) atoms. The first-order chi connectivity index (χ1) is 16.2. The molecule has 0 bridgehead atoms. The lowest BCUT2D eigenvalue weighted by Crippen LogP contribution is -2.54. The van der Waals surface area contributed by atoms with Crippen LogP contribution in [0.15, 0.2) is 29.6 Å². The summed E-state index contributed by atoms with van der Waals surface area (Å²) < 4.78 is 23.9. The largest absolute Gasteiger partial charge is 0.444 e. The fourth-order valence-electron chi connectivity index (χ4n) is 4.66. The quantitative estimate of drug-likeness (QED) is 0.581. The summed E-state index contributed by atoms with van der Waals surface area (Å²) >= 11 is 0. The molecule has 190 valence electrons. The number of carbonyl (C=O) groups excluding carboxylic acids is 1. The van der Waals surface area contributed by atoms with Crippen molar-refractivity contribution in [2.24, 2.45) is 0 Å². The van der Waals surface area contributed by atoms with Crippen molar-refractivity contribution in [2.75, 3.05) is 24.8 Å². The van der Waals surface area contributed by atoms with Crippen molar-refractivity contribution in [3.8, 4) is 0 Å². The summed E-state index contributed by atoms with van der Waals surface area (Å²) in [4.78, 5) is 30.1. The third-order valence-corrected chi connectivity index (χ3v) is 7.20. The molecule has 3 atom stereocenters. The highest BCUT2D eigenvalue weighted by Gasteiger charge is 2.55. The fourth-order valence-corrected chi connectivity index (χ4v) is 5.08. The average Bonchev–Trinajstić information content (AvgIpc) is 2.99. The van der Waals surface area contributed by atoms with E-state index >= 15 is 0 Å². The molecule has 2 aromatic rings. The van der Waals surface area contributed by atoms with Gasteiger partial charge in [-0.1, -0.05) is 13.0 Å². The molecule has 4 rings (SSSR count). The molecule has 4 heterocycles. The Morgan fingerprint density at radius 3 is 2.66 bits per heavy atom. The Morgan fingerprint density at radius 1 is 1.29 bits per heavy atom. The van der Waals surface area contributed by atoms with Crippen molar-refractivity contribution in [1.29, 1.82) is 0 Å². The summed E-state index contributed by atoms with van der Waals surface area (Å²) in [5.74, 6) is 1.43. The molecule has 1 unspecified atom stereocenters. The Balaban J connectivity index is 1.72. The van der Waals surface area contributed by atoms with Crippen LogP contribution < -0.4 is 4.90 Å². The zero-order valence-corrected chi connectivity index (χ0v) is 22.6. The number of rotatable bonds is 4. The number of fused-ring (bicyclic) bond motifs is 3. The Morgan fingerprint density at radius 2 is 2.00 bits per heavy atom. The second-order valence-corrected chi connectivity index (χ2v) is 12.5. The van der Waals surface area contributed by atoms with E-state index in [1.165, 1.54) is 4.90 Å². The molecule has 0 saturated carbocycles. The molecular weight excluding hydrogens is 466 g/mol. The topological polar surface area (TPSA) is 97.8 Å². The van der Waals surface area contributed by atoms with E-state index in [9.17, 15) is 9.00 Å². The Bertz CT molecular complexity index is 1160. The first-order valence-electron chi connectivity index (χ1n) is 11.7. The van der Waals surface area contributed by atoms with Crippen molar-refractivity contribution in [3.05, 3.63) is 35.7 Å². The molecule has 2 aliphatic rings.